The second-order valence-electron chi connectivity index (χ2n) is 4.11. The molecule has 3 nitrogen and oxygen atoms in total. The average molecular weight is 224 g/mol. The summed E-state index contributed by atoms with van der Waals surface area (Å²) in [5.74, 6) is -0.298. The van der Waals surface area contributed by atoms with Gasteiger partial charge in [0.1, 0.15) is 5.82 Å². The van der Waals surface area contributed by atoms with Crippen molar-refractivity contribution in [2.75, 3.05) is 13.7 Å². The summed E-state index contributed by atoms with van der Waals surface area (Å²) in [5, 5.41) is 3.18. The van der Waals surface area contributed by atoms with E-state index in [-0.39, 0.29) is 18.0 Å². The van der Waals surface area contributed by atoms with Crippen molar-refractivity contribution in [3.8, 4) is 0 Å². The molecular weight excluding hydrogens is 207 g/mol. The van der Waals surface area contributed by atoms with Crippen LogP contribution in [0.3, 0.4) is 0 Å². The molecule has 1 fully saturated rings. The van der Waals surface area contributed by atoms with Crippen LogP contribution in [0.4, 0.5) is 4.39 Å². The van der Waals surface area contributed by atoms with Gasteiger partial charge in [-0.3, -0.25) is 4.98 Å². The maximum atomic E-state index is 13.1. The molecule has 0 aromatic carbocycles. The summed E-state index contributed by atoms with van der Waals surface area (Å²) in [6, 6.07) is 1.55. The largest absolute Gasteiger partial charge is 0.376 e. The molecule has 1 aliphatic rings. The minimum atomic E-state index is -0.298. The molecule has 2 atom stereocenters. The van der Waals surface area contributed by atoms with Crippen LogP contribution < -0.4 is 5.32 Å². The zero-order valence-corrected chi connectivity index (χ0v) is 9.45. The van der Waals surface area contributed by atoms with E-state index in [1.165, 1.54) is 18.7 Å². The molecule has 0 amide bonds. The van der Waals surface area contributed by atoms with E-state index in [1.807, 2.05) is 7.05 Å². The van der Waals surface area contributed by atoms with E-state index in [2.05, 4.69) is 10.3 Å². The monoisotopic (exact) mass is 224 g/mol. The lowest BCUT2D eigenvalue weighted by atomic mass is 9.97. The van der Waals surface area contributed by atoms with Crippen molar-refractivity contribution < 1.29 is 9.13 Å². The number of aromatic nitrogens is 1. The summed E-state index contributed by atoms with van der Waals surface area (Å²) in [4.78, 5) is 3.88. The van der Waals surface area contributed by atoms with Crippen molar-refractivity contribution in [2.24, 2.45) is 0 Å². The van der Waals surface area contributed by atoms with Crippen LogP contribution in [0.1, 0.15) is 30.9 Å². The first-order valence-corrected chi connectivity index (χ1v) is 5.70. The third kappa shape index (κ3) is 2.57. The van der Waals surface area contributed by atoms with Crippen LogP contribution in [0.5, 0.6) is 0 Å². The summed E-state index contributed by atoms with van der Waals surface area (Å²) in [6.07, 6.45) is 6.35. The minimum absolute atomic E-state index is 0.0310. The molecule has 0 spiro atoms. The molecule has 0 bridgehead atoms. The molecule has 1 aromatic rings. The van der Waals surface area contributed by atoms with E-state index >= 15 is 0 Å². The Kier molecular flexibility index (Phi) is 3.85. The zero-order valence-electron chi connectivity index (χ0n) is 9.45. The normalized spacial score (nSPS) is 23.0. The minimum Gasteiger partial charge on any atom is -0.376 e. The van der Waals surface area contributed by atoms with Gasteiger partial charge in [0.05, 0.1) is 18.3 Å². The Labute approximate surface area is 95.0 Å². The van der Waals surface area contributed by atoms with Gasteiger partial charge in [-0.2, -0.15) is 0 Å². The number of hydrogen-bond donors (Lipinski definition) is 1. The summed E-state index contributed by atoms with van der Waals surface area (Å²) < 4.78 is 18.8. The highest BCUT2D eigenvalue weighted by atomic mass is 19.1. The first kappa shape index (κ1) is 11.5. The predicted molar refractivity (Wildman–Crippen MR) is 59.6 cm³/mol. The molecular formula is C12H17FN2O. The van der Waals surface area contributed by atoms with Gasteiger partial charge in [-0.25, -0.2) is 4.39 Å². The van der Waals surface area contributed by atoms with Crippen LogP contribution >= 0.6 is 0 Å². The molecule has 1 N–H and O–H groups in total. The number of rotatable bonds is 3. The molecule has 2 rings (SSSR count). The Bertz CT molecular complexity index is 340. The fraction of sp³-hybridized carbons (Fsp3) is 0.583. The van der Waals surface area contributed by atoms with Gasteiger partial charge < -0.3 is 10.1 Å². The number of halogens is 1. The average Bonchev–Trinajstić information content (AvgIpc) is 2.31. The van der Waals surface area contributed by atoms with E-state index in [9.17, 15) is 4.39 Å². The Balaban J connectivity index is 2.14. The van der Waals surface area contributed by atoms with E-state index < -0.39 is 0 Å². The highest BCUT2D eigenvalue weighted by Gasteiger charge is 2.25. The zero-order chi connectivity index (χ0) is 11.4. The molecule has 0 radical (unpaired) electrons. The summed E-state index contributed by atoms with van der Waals surface area (Å²) >= 11 is 0. The quantitative estimate of drug-likeness (QED) is 0.853. The molecule has 0 saturated carbocycles. The molecule has 2 unspecified atom stereocenters. The van der Waals surface area contributed by atoms with Gasteiger partial charge in [-0.1, -0.05) is 0 Å². The van der Waals surface area contributed by atoms with Crippen molar-refractivity contribution in [2.45, 2.75) is 31.4 Å². The molecule has 2 heterocycles. The maximum Gasteiger partial charge on any atom is 0.141 e. The molecule has 1 aromatic heterocycles. The smallest absolute Gasteiger partial charge is 0.141 e. The van der Waals surface area contributed by atoms with Crippen molar-refractivity contribution in [3.05, 3.63) is 29.8 Å². The molecule has 0 aliphatic carbocycles. The summed E-state index contributed by atoms with van der Waals surface area (Å²) in [5.41, 5.74) is 0.856. The second kappa shape index (κ2) is 5.37. The molecule has 16 heavy (non-hydrogen) atoms. The van der Waals surface area contributed by atoms with Crippen LogP contribution in [-0.2, 0) is 4.74 Å². The van der Waals surface area contributed by atoms with Crippen LogP contribution in [0.25, 0.3) is 0 Å². The van der Waals surface area contributed by atoms with Crippen LogP contribution in [0.2, 0.25) is 0 Å². The SMILES string of the molecule is CNC(c1cncc(F)c1)C1CCCCO1. The number of nitrogens with zero attached hydrogens (tertiary/aromatic N) is 1. The Morgan fingerprint density at radius 1 is 1.50 bits per heavy atom. The number of likely N-dealkylation sites (N-methyl/N-ethyl adjacent to an activating group) is 1. The van der Waals surface area contributed by atoms with Crippen molar-refractivity contribution in [1.29, 1.82) is 0 Å². The molecule has 1 aliphatic heterocycles. The third-order valence-corrected chi connectivity index (χ3v) is 2.98. The van der Waals surface area contributed by atoms with Gasteiger partial charge in [0.25, 0.3) is 0 Å². The first-order valence-electron chi connectivity index (χ1n) is 5.70. The van der Waals surface area contributed by atoms with Gasteiger partial charge in [0.15, 0.2) is 0 Å². The summed E-state index contributed by atoms with van der Waals surface area (Å²) in [7, 11) is 1.87. The number of ether oxygens (including phenoxy) is 1. The number of hydrogen-bond acceptors (Lipinski definition) is 3. The molecule has 1 saturated heterocycles. The van der Waals surface area contributed by atoms with E-state index in [0.717, 1.165) is 25.0 Å². The van der Waals surface area contributed by atoms with Crippen LogP contribution in [0.15, 0.2) is 18.5 Å². The molecule has 88 valence electrons. The van der Waals surface area contributed by atoms with Crippen LogP contribution in [0, 0.1) is 5.82 Å². The third-order valence-electron chi connectivity index (χ3n) is 2.98. The second-order valence-corrected chi connectivity index (χ2v) is 4.11. The summed E-state index contributed by atoms with van der Waals surface area (Å²) in [6.45, 7) is 0.797. The van der Waals surface area contributed by atoms with Gasteiger partial charge in [-0.05, 0) is 37.9 Å². The predicted octanol–water partition coefficient (Wildman–Crippen LogP) is 2.05. The van der Waals surface area contributed by atoms with E-state index in [1.54, 1.807) is 6.20 Å². The van der Waals surface area contributed by atoms with Crippen molar-refractivity contribution in [3.63, 3.8) is 0 Å². The van der Waals surface area contributed by atoms with Gasteiger partial charge in [0, 0.05) is 12.8 Å². The van der Waals surface area contributed by atoms with E-state index in [0.29, 0.717) is 0 Å². The van der Waals surface area contributed by atoms with Crippen molar-refractivity contribution >= 4 is 0 Å². The highest BCUT2D eigenvalue weighted by Crippen LogP contribution is 2.25. The number of nitrogens with one attached hydrogen (secondary N) is 1. The number of pyridine rings is 1. The Morgan fingerprint density at radius 2 is 2.38 bits per heavy atom. The first-order chi connectivity index (χ1) is 7.81. The van der Waals surface area contributed by atoms with Gasteiger partial charge in [-0.15, -0.1) is 0 Å². The van der Waals surface area contributed by atoms with Gasteiger partial charge >= 0.3 is 0 Å². The lowest BCUT2D eigenvalue weighted by molar-refractivity contribution is -0.00673. The molecule has 4 heteroatoms. The highest BCUT2D eigenvalue weighted by molar-refractivity contribution is 5.16. The van der Waals surface area contributed by atoms with Crippen molar-refractivity contribution in [1.82, 2.24) is 10.3 Å². The topological polar surface area (TPSA) is 34.2 Å². The standard InChI is InChI=1S/C12H17FN2O/c1-14-12(11-4-2-3-5-16-11)9-6-10(13)8-15-7-9/h6-8,11-12,14H,2-5H2,1H3. The lowest BCUT2D eigenvalue weighted by Crippen LogP contribution is -2.34. The Hall–Kier alpha value is -1.00. The lowest BCUT2D eigenvalue weighted by Gasteiger charge is -2.30. The fourth-order valence-electron chi connectivity index (χ4n) is 2.19. The fourth-order valence-corrected chi connectivity index (χ4v) is 2.19. The maximum absolute atomic E-state index is 13.1. The van der Waals surface area contributed by atoms with E-state index in [4.69, 9.17) is 4.74 Å². The van der Waals surface area contributed by atoms with Gasteiger partial charge in [0.2, 0.25) is 0 Å². The van der Waals surface area contributed by atoms with Crippen LogP contribution in [-0.4, -0.2) is 24.7 Å². The Morgan fingerprint density at radius 3 is 3.00 bits per heavy atom.